The minimum atomic E-state index is 0. The zero-order valence-corrected chi connectivity index (χ0v) is 16.2. The maximum Gasteiger partial charge on any atom is 0.223 e. The third-order valence-corrected chi connectivity index (χ3v) is 6.07. The van der Waals surface area contributed by atoms with Crippen LogP contribution in [0.4, 0.5) is 5.69 Å². The maximum absolute atomic E-state index is 12.6. The molecule has 1 aliphatic carbocycles. The van der Waals surface area contributed by atoms with Gasteiger partial charge >= 0.3 is 0 Å². The lowest BCUT2D eigenvalue weighted by molar-refractivity contribution is -0.124. The van der Waals surface area contributed by atoms with Gasteiger partial charge < -0.3 is 15.5 Å². The van der Waals surface area contributed by atoms with Crippen molar-refractivity contribution in [2.24, 2.45) is 11.3 Å². The first-order valence-corrected chi connectivity index (χ1v) is 9.08. The van der Waals surface area contributed by atoms with E-state index in [0.717, 1.165) is 45.4 Å². The molecule has 0 radical (unpaired) electrons. The van der Waals surface area contributed by atoms with Crippen LogP contribution >= 0.6 is 24.8 Å². The normalized spacial score (nSPS) is 24.8. The van der Waals surface area contributed by atoms with Crippen molar-refractivity contribution in [1.29, 1.82) is 0 Å². The second-order valence-corrected chi connectivity index (χ2v) is 7.47. The Bertz CT molecular complexity index is 555. The summed E-state index contributed by atoms with van der Waals surface area (Å²) in [5.74, 6) is 0.613. The lowest BCUT2D eigenvalue weighted by Gasteiger charge is -2.34. The van der Waals surface area contributed by atoms with Crippen molar-refractivity contribution >= 4 is 36.4 Å². The van der Waals surface area contributed by atoms with E-state index in [1.807, 2.05) is 0 Å². The van der Waals surface area contributed by atoms with Gasteiger partial charge in [-0.15, -0.1) is 24.8 Å². The number of amides is 1. The number of piperidine rings is 2. The van der Waals surface area contributed by atoms with Gasteiger partial charge in [-0.05, 0) is 62.7 Å². The maximum atomic E-state index is 12.6. The largest absolute Gasteiger partial charge is 0.371 e. The van der Waals surface area contributed by atoms with Crippen molar-refractivity contribution in [3.8, 4) is 0 Å². The van der Waals surface area contributed by atoms with Crippen LogP contribution in [0.1, 0.15) is 32.1 Å². The van der Waals surface area contributed by atoms with E-state index in [0.29, 0.717) is 17.4 Å². The molecule has 2 aliphatic heterocycles. The first kappa shape index (κ1) is 20.3. The average molecular weight is 386 g/mol. The molecule has 4 rings (SSSR count). The Morgan fingerprint density at radius 1 is 1.08 bits per heavy atom. The number of halogens is 2. The van der Waals surface area contributed by atoms with E-state index in [1.54, 1.807) is 0 Å². The van der Waals surface area contributed by atoms with E-state index < -0.39 is 0 Å². The topological polar surface area (TPSA) is 44.4 Å². The second-order valence-electron chi connectivity index (χ2n) is 7.47. The third kappa shape index (κ3) is 4.42. The van der Waals surface area contributed by atoms with E-state index in [4.69, 9.17) is 0 Å². The molecule has 4 nitrogen and oxygen atoms in total. The minimum absolute atomic E-state index is 0. The zero-order valence-electron chi connectivity index (χ0n) is 14.6. The molecule has 2 N–H and O–H groups in total. The van der Waals surface area contributed by atoms with E-state index >= 15 is 0 Å². The molecule has 1 aromatic carbocycles. The highest BCUT2D eigenvalue weighted by molar-refractivity contribution is 5.85. The van der Waals surface area contributed by atoms with Crippen LogP contribution in [0.25, 0.3) is 0 Å². The lowest BCUT2D eigenvalue weighted by Crippen LogP contribution is -2.45. The van der Waals surface area contributed by atoms with Gasteiger partial charge in [0.2, 0.25) is 5.91 Å². The summed E-state index contributed by atoms with van der Waals surface area (Å²) in [6.07, 6.45) is 5.59. The van der Waals surface area contributed by atoms with E-state index in [-0.39, 0.29) is 30.7 Å². The summed E-state index contributed by atoms with van der Waals surface area (Å²) in [5.41, 5.74) is 1.65. The van der Waals surface area contributed by atoms with Crippen molar-refractivity contribution in [3.05, 3.63) is 30.3 Å². The van der Waals surface area contributed by atoms with Gasteiger partial charge in [0.1, 0.15) is 0 Å². The van der Waals surface area contributed by atoms with Crippen LogP contribution in [-0.4, -0.2) is 38.1 Å². The van der Waals surface area contributed by atoms with Crippen LogP contribution in [0.2, 0.25) is 0 Å². The molecule has 1 atom stereocenters. The first-order valence-electron chi connectivity index (χ1n) is 9.08. The van der Waals surface area contributed by atoms with Crippen LogP contribution < -0.4 is 15.5 Å². The smallest absolute Gasteiger partial charge is 0.223 e. The van der Waals surface area contributed by atoms with Crippen LogP contribution in [-0.2, 0) is 4.79 Å². The molecular formula is C19H29Cl2N3O. The predicted octanol–water partition coefficient (Wildman–Crippen LogP) is 3.00. The van der Waals surface area contributed by atoms with Gasteiger partial charge in [0.25, 0.3) is 0 Å². The molecule has 1 amide bonds. The zero-order chi connectivity index (χ0) is 15.7. The van der Waals surface area contributed by atoms with E-state index in [9.17, 15) is 4.79 Å². The van der Waals surface area contributed by atoms with E-state index in [1.165, 1.54) is 18.5 Å². The lowest BCUT2D eigenvalue weighted by atomic mass is 9.91. The van der Waals surface area contributed by atoms with Crippen LogP contribution in [0, 0.1) is 11.3 Å². The van der Waals surface area contributed by atoms with Crippen molar-refractivity contribution in [1.82, 2.24) is 10.6 Å². The molecule has 3 fully saturated rings. The molecule has 1 saturated carbocycles. The van der Waals surface area contributed by atoms with Gasteiger partial charge in [-0.25, -0.2) is 0 Å². The Balaban J connectivity index is 0.00000113. The molecule has 140 valence electrons. The fraction of sp³-hybridized carbons (Fsp3) is 0.632. The van der Waals surface area contributed by atoms with Gasteiger partial charge in [-0.3, -0.25) is 4.79 Å². The van der Waals surface area contributed by atoms with Gasteiger partial charge in [0.15, 0.2) is 0 Å². The average Bonchev–Trinajstić information content (AvgIpc) is 3.30. The second kappa shape index (κ2) is 8.61. The number of nitrogens with one attached hydrogen (secondary N) is 2. The Hall–Kier alpha value is -0.970. The fourth-order valence-electron chi connectivity index (χ4n) is 4.42. The van der Waals surface area contributed by atoms with Crippen molar-refractivity contribution in [3.63, 3.8) is 0 Å². The molecule has 1 unspecified atom stereocenters. The SMILES string of the molecule is Cl.Cl.O=C(NC1CCN(c2ccccc2)CC1)C1CC12CCNCC2. The molecule has 3 aliphatic rings. The summed E-state index contributed by atoms with van der Waals surface area (Å²) in [6.45, 7) is 4.24. The fourth-order valence-corrected chi connectivity index (χ4v) is 4.42. The molecule has 6 heteroatoms. The molecule has 1 aromatic rings. The predicted molar refractivity (Wildman–Crippen MR) is 107 cm³/mol. The molecule has 1 spiro atoms. The number of benzene rings is 1. The van der Waals surface area contributed by atoms with Crippen LogP contribution in [0.5, 0.6) is 0 Å². The summed E-state index contributed by atoms with van der Waals surface area (Å²) in [5, 5.41) is 6.74. The van der Waals surface area contributed by atoms with Crippen LogP contribution in [0.15, 0.2) is 30.3 Å². The number of nitrogens with zero attached hydrogens (tertiary/aromatic N) is 1. The molecule has 2 saturated heterocycles. The Labute approximate surface area is 162 Å². The monoisotopic (exact) mass is 385 g/mol. The van der Waals surface area contributed by atoms with Crippen molar-refractivity contribution in [2.75, 3.05) is 31.1 Å². The van der Waals surface area contributed by atoms with Gasteiger partial charge in [-0.2, -0.15) is 0 Å². The van der Waals surface area contributed by atoms with Crippen molar-refractivity contribution < 1.29 is 4.79 Å². The van der Waals surface area contributed by atoms with Gasteiger partial charge in [-0.1, -0.05) is 18.2 Å². The number of hydrogen-bond donors (Lipinski definition) is 2. The summed E-state index contributed by atoms with van der Waals surface area (Å²) in [4.78, 5) is 15.0. The number of rotatable bonds is 3. The minimum Gasteiger partial charge on any atom is -0.371 e. The first-order chi connectivity index (χ1) is 11.3. The molecule has 2 heterocycles. The summed E-state index contributed by atoms with van der Waals surface area (Å²) >= 11 is 0. The number of carbonyl (C=O) groups excluding carboxylic acids is 1. The quantitative estimate of drug-likeness (QED) is 0.840. The highest BCUT2D eigenvalue weighted by Gasteiger charge is 2.57. The van der Waals surface area contributed by atoms with Crippen LogP contribution in [0.3, 0.4) is 0 Å². The Morgan fingerprint density at radius 2 is 1.72 bits per heavy atom. The molecule has 25 heavy (non-hydrogen) atoms. The summed E-state index contributed by atoms with van der Waals surface area (Å²) in [7, 11) is 0. The number of carbonyl (C=O) groups is 1. The Kier molecular flexibility index (Phi) is 7.01. The van der Waals surface area contributed by atoms with Crippen molar-refractivity contribution in [2.45, 2.75) is 38.1 Å². The third-order valence-electron chi connectivity index (χ3n) is 6.07. The highest BCUT2D eigenvalue weighted by Crippen LogP contribution is 2.58. The number of hydrogen-bond acceptors (Lipinski definition) is 3. The van der Waals surface area contributed by atoms with Gasteiger partial charge in [0, 0.05) is 30.7 Å². The standard InChI is InChI=1S/C19H27N3O.2ClH/c23-18(17-14-19(17)8-10-20-11-9-19)21-15-6-12-22(13-7-15)16-4-2-1-3-5-16;;/h1-5,15,17,20H,6-14H2,(H,21,23);2*1H. The summed E-state index contributed by atoms with van der Waals surface area (Å²) in [6, 6.07) is 10.9. The number of para-hydroxylation sites is 1. The molecular weight excluding hydrogens is 357 g/mol. The van der Waals surface area contributed by atoms with E-state index in [2.05, 4.69) is 45.9 Å². The Morgan fingerprint density at radius 3 is 2.36 bits per heavy atom. The highest BCUT2D eigenvalue weighted by atomic mass is 35.5. The summed E-state index contributed by atoms with van der Waals surface area (Å²) < 4.78 is 0. The number of anilines is 1. The van der Waals surface area contributed by atoms with Gasteiger partial charge in [0.05, 0.1) is 0 Å². The molecule has 0 bridgehead atoms. The molecule has 0 aromatic heterocycles.